The monoisotopic (exact) mass is 596 g/mol. The van der Waals surface area contributed by atoms with Crippen molar-refractivity contribution in [3.63, 3.8) is 0 Å². The van der Waals surface area contributed by atoms with E-state index in [9.17, 15) is 27.6 Å². The van der Waals surface area contributed by atoms with Gasteiger partial charge in [-0.25, -0.2) is 22.8 Å². The first-order valence-electron chi connectivity index (χ1n) is 8.26. The fourth-order valence-electron chi connectivity index (χ4n) is 1.50. The van der Waals surface area contributed by atoms with Gasteiger partial charge in [0.05, 0.1) is 13.2 Å². The van der Waals surface area contributed by atoms with Crippen LogP contribution in [0, 0.1) is 3.57 Å². The van der Waals surface area contributed by atoms with Gasteiger partial charge in [0.2, 0.25) is 3.57 Å². The molecular formula is C16H16F3IN2O9S. The second-order valence-electron chi connectivity index (χ2n) is 4.97. The molecular weight excluding hydrogens is 580 g/mol. The maximum absolute atomic E-state index is 12.1. The lowest BCUT2D eigenvalue weighted by Crippen LogP contribution is -3.65. The highest BCUT2D eigenvalue weighted by Crippen LogP contribution is 2.20. The van der Waals surface area contributed by atoms with Crippen LogP contribution in [0.25, 0.3) is 5.53 Å². The molecule has 0 spiro atoms. The summed E-state index contributed by atoms with van der Waals surface area (Å²) in [4.78, 5) is 38.0. The molecule has 0 aliphatic rings. The largest absolute Gasteiger partial charge is 0.741 e. The second-order valence-corrected chi connectivity index (χ2v) is 9.06. The summed E-state index contributed by atoms with van der Waals surface area (Å²) < 4.78 is 73.6. The predicted molar refractivity (Wildman–Crippen MR) is 93.1 cm³/mol. The van der Waals surface area contributed by atoms with Crippen molar-refractivity contribution in [2.45, 2.75) is 19.4 Å². The van der Waals surface area contributed by atoms with E-state index in [-0.39, 0.29) is 22.5 Å². The smallest absolute Gasteiger partial charge is 0.603 e. The molecule has 16 heteroatoms. The van der Waals surface area contributed by atoms with Crippen molar-refractivity contribution < 1.29 is 80.7 Å². The molecule has 0 aliphatic heterocycles. The molecule has 0 aliphatic carbocycles. The number of rotatable bonds is 8. The van der Waals surface area contributed by atoms with Gasteiger partial charge in [-0.3, -0.25) is 0 Å². The van der Waals surface area contributed by atoms with Crippen molar-refractivity contribution in [3.8, 4) is 0 Å². The van der Waals surface area contributed by atoms with Gasteiger partial charge in [0.25, 0.3) is 0 Å². The Bertz CT molecular complexity index is 977. The van der Waals surface area contributed by atoms with Gasteiger partial charge >= 0.3 is 48.3 Å². The van der Waals surface area contributed by atoms with E-state index >= 15 is 0 Å². The number of carbonyl (C=O) groups excluding carboxylic acids is 3. The van der Waals surface area contributed by atoms with Gasteiger partial charge < -0.3 is 24.3 Å². The number of carbonyl (C=O) groups is 3. The number of hydrogen-bond donors (Lipinski definition) is 0. The van der Waals surface area contributed by atoms with Crippen LogP contribution in [0.15, 0.2) is 24.3 Å². The predicted octanol–water partition coefficient (Wildman–Crippen LogP) is -2.09. The highest BCUT2D eigenvalue weighted by Gasteiger charge is 2.42. The first kappa shape index (κ1) is 29.4. The van der Waals surface area contributed by atoms with Gasteiger partial charge in [-0.2, -0.15) is 13.2 Å². The number of halogens is 4. The third-order valence-corrected chi connectivity index (χ3v) is 5.98. The molecule has 0 N–H and O–H groups in total. The van der Waals surface area contributed by atoms with Crippen molar-refractivity contribution in [3.05, 3.63) is 38.9 Å². The van der Waals surface area contributed by atoms with Gasteiger partial charge in [0.1, 0.15) is 5.56 Å². The Labute approximate surface area is 190 Å². The lowest BCUT2D eigenvalue weighted by Gasteiger charge is -2.08. The molecule has 0 saturated carbocycles. The first-order valence-corrected chi connectivity index (χ1v) is 11.8. The normalized spacial score (nSPS) is 10.7. The summed E-state index contributed by atoms with van der Waals surface area (Å²) >= 11 is -1.27. The molecule has 11 nitrogen and oxygen atoms in total. The van der Waals surface area contributed by atoms with Gasteiger partial charge in [0, 0.05) is 0 Å². The molecule has 0 heterocycles. The molecule has 0 fully saturated rings. The third kappa shape index (κ3) is 10.7. The molecule has 0 atom stereocenters. The molecule has 0 radical (unpaired) electrons. The minimum atomic E-state index is -6.09. The highest BCUT2D eigenvalue weighted by molar-refractivity contribution is 7.86. The number of esters is 3. The van der Waals surface area contributed by atoms with Gasteiger partial charge in [-0.1, -0.05) is 12.1 Å². The van der Waals surface area contributed by atoms with Crippen molar-refractivity contribution in [2.24, 2.45) is 0 Å². The quantitative estimate of drug-likeness (QED) is 0.0477. The minimum absolute atomic E-state index is 0.138. The van der Waals surface area contributed by atoms with E-state index < -0.39 is 61.3 Å². The fourth-order valence-corrected chi connectivity index (χ4v) is 3.61. The van der Waals surface area contributed by atoms with Gasteiger partial charge in [0.15, 0.2) is 16.7 Å². The molecule has 1 rings (SSSR count). The molecule has 0 unspecified atom stereocenters. The van der Waals surface area contributed by atoms with Crippen molar-refractivity contribution in [1.29, 1.82) is 0 Å². The summed E-state index contributed by atoms with van der Waals surface area (Å²) in [5, 5.41) is 0. The highest BCUT2D eigenvalue weighted by atomic mass is 127. The maximum Gasteiger partial charge on any atom is 0.603 e. The summed E-state index contributed by atoms with van der Waals surface area (Å²) in [6.45, 7) is 3.10. The topological polar surface area (TPSA) is 172 Å². The van der Waals surface area contributed by atoms with E-state index in [1.54, 1.807) is 32.0 Å². The summed E-state index contributed by atoms with van der Waals surface area (Å²) in [6.07, 6.45) is 0. The number of alkyl halides is 3. The van der Waals surface area contributed by atoms with E-state index in [0.717, 1.165) is 0 Å². The fraction of sp³-hybridized carbons (Fsp3) is 0.375. The lowest BCUT2D eigenvalue weighted by molar-refractivity contribution is -0.527. The summed E-state index contributed by atoms with van der Waals surface area (Å²) in [5.41, 5.74) is 3.54. The Morgan fingerprint density at radius 1 is 1.09 bits per heavy atom. The average molecular weight is 596 g/mol. The van der Waals surface area contributed by atoms with E-state index in [2.05, 4.69) is 9.53 Å². The van der Waals surface area contributed by atoms with Crippen LogP contribution in [0.4, 0.5) is 13.2 Å². The zero-order valence-corrected chi connectivity index (χ0v) is 19.4. The minimum Gasteiger partial charge on any atom is -0.741 e. The van der Waals surface area contributed by atoms with E-state index in [1.807, 2.05) is 0 Å². The van der Waals surface area contributed by atoms with Crippen LogP contribution >= 0.6 is 0 Å². The van der Waals surface area contributed by atoms with Gasteiger partial charge in [-0.15, -0.1) is 4.79 Å². The number of ether oxygens (including phenoxy) is 3. The Kier molecular flexibility index (Phi) is 12.7. The number of benzene rings is 1. The van der Waals surface area contributed by atoms with E-state index in [1.165, 1.54) is 6.07 Å². The number of nitrogens with zero attached hydrogens (tertiary/aromatic N) is 2. The standard InChI is InChI=1S/C15H16IN2O6.CHF3O3S/c1-3-22-12(19)9-24-14(20)10-7-5-6-8-11(10)16-13(18-17)15(21)23-4-2;2-1(3,4)8(5,6)7/h5-8H,3-4,9H2,1-2H3;(H,5,6,7)/q+1;/p-1. The first-order chi connectivity index (χ1) is 14.8. The van der Waals surface area contributed by atoms with Crippen molar-refractivity contribution >= 4 is 31.7 Å². The van der Waals surface area contributed by atoms with Crippen LogP contribution in [0.5, 0.6) is 0 Å². The molecule has 0 amide bonds. The summed E-state index contributed by atoms with van der Waals surface area (Å²) in [6, 6.07) is 6.42. The Balaban J connectivity index is 0.00000102. The van der Waals surface area contributed by atoms with Crippen molar-refractivity contribution in [1.82, 2.24) is 0 Å². The molecule has 1 aromatic carbocycles. The van der Waals surface area contributed by atoms with Crippen molar-refractivity contribution in [2.75, 3.05) is 19.8 Å². The van der Waals surface area contributed by atoms with Crippen LogP contribution in [0.2, 0.25) is 0 Å². The summed E-state index contributed by atoms with van der Waals surface area (Å²) in [7, 11) is -6.09. The Morgan fingerprint density at radius 3 is 2.09 bits per heavy atom. The van der Waals surface area contributed by atoms with E-state index in [4.69, 9.17) is 28.0 Å². The van der Waals surface area contributed by atoms with Crippen LogP contribution in [-0.4, -0.2) is 64.7 Å². The zero-order chi connectivity index (χ0) is 24.9. The van der Waals surface area contributed by atoms with Crippen LogP contribution in [0.1, 0.15) is 24.2 Å². The maximum atomic E-state index is 12.1. The van der Waals surface area contributed by atoms with Crippen LogP contribution in [0.3, 0.4) is 0 Å². The lowest BCUT2D eigenvalue weighted by atomic mass is 10.2. The Hall–Kier alpha value is -2.56. The number of hydrogen-bond acceptors (Lipinski definition) is 9. The Morgan fingerprint density at radius 2 is 1.62 bits per heavy atom. The van der Waals surface area contributed by atoms with Gasteiger partial charge in [-0.05, 0) is 26.0 Å². The second kappa shape index (κ2) is 13.8. The molecule has 0 aromatic heterocycles. The molecule has 32 heavy (non-hydrogen) atoms. The van der Waals surface area contributed by atoms with E-state index in [0.29, 0.717) is 3.57 Å². The molecule has 0 bridgehead atoms. The van der Waals surface area contributed by atoms with Crippen LogP contribution < -0.4 is 21.2 Å². The molecule has 0 saturated heterocycles. The third-order valence-electron chi connectivity index (χ3n) is 2.73. The summed E-state index contributed by atoms with van der Waals surface area (Å²) in [5.74, 6) is -2.11. The van der Waals surface area contributed by atoms with Crippen LogP contribution in [-0.2, 0) is 33.9 Å². The SMILES string of the molecule is CCOC(=O)COC(=O)c1ccccc1[I+]C(=[N+]=[N-])C(=O)OCC.O=S(=O)([O-])C(F)(F)F. The zero-order valence-electron chi connectivity index (χ0n) is 16.4. The average Bonchev–Trinajstić information content (AvgIpc) is 2.70. The molecule has 178 valence electrons. The molecule has 1 aromatic rings.